The van der Waals surface area contributed by atoms with Crippen molar-refractivity contribution in [3.8, 4) is 0 Å². The highest BCUT2D eigenvalue weighted by Gasteiger charge is 2.30. The van der Waals surface area contributed by atoms with Gasteiger partial charge in [0.15, 0.2) is 0 Å². The Balaban J connectivity index is 1.34. The first-order chi connectivity index (χ1) is 12.6. The number of carbonyl (C=O) groups excluding carboxylic acids is 1. The predicted octanol–water partition coefficient (Wildman–Crippen LogP) is 2.66. The van der Waals surface area contributed by atoms with Crippen molar-refractivity contribution in [1.29, 1.82) is 0 Å². The van der Waals surface area contributed by atoms with E-state index in [9.17, 15) is 4.79 Å². The van der Waals surface area contributed by atoms with Crippen LogP contribution in [0.15, 0.2) is 30.5 Å². The standard InChI is InChI=1S/C21H30N4O/c1-16(24-13-11-23(2)12-14-24)17-6-9-25(10-7-17)21(26)19-4-3-18-5-8-22-20(18)15-19/h3-5,8,15-17,22H,6-7,9-14H2,1-2H3. The number of benzene rings is 1. The summed E-state index contributed by atoms with van der Waals surface area (Å²) in [5.41, 5.74) is 1.83. The second kappa shape index (κ2) is 7.41. The van der Waals surface area contributed by atoms with Crippen molar-refractivity contribution >= 4 is 16.8 Å². The van der Waals surface area contributed by atoms with Gasteiger partial charge in [0.05, 0.1) is 0 Å². The normalized spacial score (nSPS) is 22.0. The minimum atomic E-state index is 0.173. The third-order valence-corrected chi connectivity index (χ3v) is 6.42. The summed E-state index contributed by atoms with van der Waals surface area (Å²) < 4.78 is 0. The molecule has 4 rings (SSSR count). The number of piperazine rings is 1. The molecule has 1 unspecified atom stereocenters. The number of nitrogens with zero attached hydrogens (tertiary/aromatic N) is 3. The lowest BCUT2D eigenvalue weighted by Gasteiger charge is -2.42. The van der Waals surface area contributed by atoms with Crippen LogP contribution in [-0.2, 0) is 0 Å². The quantitative estimate of drug-likeness (QED) is 0.921. The van der Waals surface area contributed by atoms with Gasteiger partial charge in [-0.25, -0.2) is 0 Å². The molecular weight excluding hydrogens is 324 g/mol. The van der Waals surface area contributed by atoms with Crippen LogP contribution in [0.25, 0.3) is 10.9 Å². The first-order valence-electron chi connectivity index (χ1n) is 9.91. The van der Waals surface area contributed by atoms with Gasteiger partial charge in [0.2, 0.25) is 0 Å². The van der Waals surface area contributed by atoms with Gasteiger partial charge in [-0.15, -0.1) is 0 Å². The van der Waals surface area contributed by atoms with Gasteiger partial charge in [-0.3, -0.25) is 9.69 Å². The SMILES string of the molecule is CC(C1CCN(C(=O)c2ccc3cc[nH]c3c2)CC1)N1CCN(C)CC1. The Morgan fingerprint density at radius 1 is 1.08 bits per heavy atom. The van der Waals surface area contributed by atoms with Crippen LogP contribution < -0.4 is 0 Å². The molecule has 1 amide bonds. The number of fused-ring (bicyclic) bond motifs is 1. The van der Waals surface area contributed by atoms with E-state index in [1.165, 1.54) is 26.2 Å². The number of likely N-dealkylation sites (tertiary alicyclic amines) is 1. The zero-order valence-electron chi connectivity index (χ0n) is 15.9. The zero-order valence-corrected chi connectivity index (χ0v) is 15.9. The summed E-state index contributed by atoms with van der Waals surface area (Å²) in [5, 5.41) is 1.15. The van der Waals surface area contributed by atoms with Gasteiger partial charge in [-0.2, -0.15) is 0 Å². The molecule has 2 aromatic rings. The van der Waals surface area contributed by atoms with E-state index < -0.39 is 0 Å². The number of hydrogen-bond donors (Lipinski definition) is 1. The maximum absolute atomic E-state index is 12.9. The van der Waals surface area contributed by atoms with Crippen LogP contribution in [0.5, 0.6) is 0 Å². The topological polar surface area (TPSA) is 42.6 Å². The van der Waals surface area contributed by atoms with Crippen molar-refractivity contribution in [2.24, 2.45) is 5.92 Å². The maximum Gasteiger partial charge on any atom is 0.253 e. The molecule has 140 valence electrons. The molecule has 1 N–H and O–H groups in total. The van der Waals surface area contributed by atoms with E-state index in [0.717, 1.165) is 42.4 Å². The molecule has 0 radical (unpaired) electrons. The summed E-state index contributed by atoms with van der Waals surface area (Å²) in [4.78, 5) is 23.2. The Morgan fingerprint density at radius 3 is 2.54 bits per heavy atom. The number of hydrogen-bond acceptors (Lipinski definition) is 3. The van der Waals surface area contributed by atoms with E-state index in [1.54, 1.807) is 0 Å². The zero-order chi connectivity index (χ0) is 18.1. The Hall–Kier alpha value is -1.85. The largest absolute Gasteiger partial charge is 0.361 e. The second-order valence-electron chi connectivity index (χ2n) is 7.99. The highest BCUT2D eigenvalue weighted by molar-refractivity contribution is 5.97. The number of piperidine rings is 1. The molecule has 0 bridgehead atoms. The van der Waals surface area contributed by atoms with E-state index in [-0.39, 0.29) is 5.91 Å². The van der Waals surface area contributed by atoms with Gasteiger partial charge in [-0.05, 0) is 56.3 Å². The number of nitrogens with one attached hydrogen (secondary N) is 1. The van der Waals surface area contributed by atoms with Crippen LogP contribution >= 0.6 is 0 Å². The fourth-order valence-corrected chi connectivity index (χ4v) is 4.48. The van der Waals surface area contributed by atoms with E-state index in [4.69, 9.17) is 0 Å². The van der Waals surface area contributed by atoms with Crippen molar-refractivity contribution in [1.82, 2.24) is 19.7 Å². The highest BCUT2D eigenvalue weighted by atomic mass is 16.2. The molecule has 1 aromatic heterocycles. The summed E-state index contributed by atoms with van der Waals surface area (Å²) in [7, 11) is 2.21. The predicted molar refractivity (Wildman–Crippen MR) is 105 cm³/mol. The van der Waals surface area contributed by atoms with Gasteiger partial charge < -0.3 is 14.8 Å². The van der Waals surface area contributed by atoms with Crippen molar-refractivity contribution < 1.29 is 4.79 Å². The smallest absolute Gasteiger partial charge is 0.253 e. The average molecular weight is 354 g/mol. The molecule has 1 atom stereocenters. The van der Waals surface area contributed by atoms with Crippen LogP contribution in [0.4, 0.5) is 0 Å². The lowest BCUT2D eigenvalue weighted by atomic mass is 9.88. The lowest BCUT2D eigenvalue weighted by Crippen LogP contribution is -2.52. The van der Waals surface area contributed by atoms with Crippen molar-refractivity contribution in [2.75, 3.05) is 46.3 Å². The Kier molecular flexibility index (Phi) is 5.00. The fraction of sp³-hybridized carbons (Fsp3) is 0.571. The summed E-state index contributed by atoms with van der Waals surface area (Å²) in [6.07, 6.45) is 4.15. The summed E-state index contributed by atoms with van der Waals surface area (Å²) in [6.45, 7) is 8.83. The van der Waals surface area contributed by atoms with Crippen LogP contribution in [0.1, 0.15) is 30.1 Å². The first-order valence-corrected chi connectivity index (χ1v) is 9.91. The summed E-state index contributed by atoms with van der Waals surface area (Å²) in [5.74, 6) is 0.876. The molecule has 0 saturated carbocycles. The molecule has 5 heteroatoms. The van der Waals surface area contributed by atoms with Crippen LogP contribution in [-0.4, -0.2) is 77.9 Å². The Morgan fingerprint density at radius 2 is 1.81 bits per heavy atom. The van der Waals surface area contributed by atoms with Gasteiger partial charge in [-0.1, -0.05) is 6.07 Å². The highest BCUT2D eigenvalue weighted by Crippen LogP contribution is 2.26. The van der Waals surface area contributed by atoms with Crippen LogP contribution in [0.3, 0.4) is 0 Å². The molecule has 2 aliphatic rings. The number of rotatable bonds is 3. The summed E-state index contributed by atoms with van der Waals surface area (Å²) in [6, 6.07) is 8.63. The maximum atomic E-state index is 12.9. The number of H-pyrrole nitrogens is 1. The molecule has 26 heavy (non-hydrogen) atoms. The van der Waals surface area contributed by atoms with E-state index in [1.807, 2.05) is 35.4 Å². The Bertz CT molecular complexity index is 754. The van der Waals surface area contributed by atoms with Gasteiger partial charge in [0, 0.05) is 62.6 Å². The third-order valence-electron chi connectivity index (χ3n) is 6.42. The minimum Gasteiger partial charge on any atom is -0.361 e. The number of aromatic amines is 1. The number of amides is 1. The van der Waals surface area contributed by atoms with Crippen LogP contribution in [0, 0.1) is 5.92 Å². The molecule has 3 heterocycles. The minimum absolute atomic E-state index is 0.173. The van der Waals surface area contributed by atoms with E-state index in [2.05, 4.69) is 28.8 Å². The van der Waals surface area contributed by atoms with Crippen molar-refractivity contribution in [3.05, 3.63) is 36.0 Å². The monoisotopic (exact) mass is 354 g/mol. The molecule has 2 fully saturated rings. The molecule has 2 aliphatic heterocycles. The Labute approximate surface area is 155 Å². The molecular formula is C21H30N4O. The molecule has 2 saturated heterocycles. The third kappa shape index (κ3) is 3.51. The van der Waals surface area contributed by atoms with Crippen LogP contribution in [0.2, 0.25) is 0 Å². The van der Waals surface area contributed by atoms with Gasteiger partial charge >= 0.3 is 0 Å². The summed E-state index contributed by atoms with van der Waals surface area (Å²) >= 11 is 0. The number of aromatic nitrogens is 1. The first kappa shape index (κ1) is 17.6. The van der Waals surface area contributed by atoms with E-state index in [0.29, 0.717) is 12.0 Å². The average Bonchev–Trinajstić information content (AvgIpc) is 3.15. The van der Waals surface area contributed by atoms with Crippen molar-refractivity contribution in [2.45, 2.75) is 25.8 Å². The number of likely N-dealkylation sites (N-methyl/N-ethyl adjacent to an activating group) is 1. The second-order valence-corrected chi connectivity index (χ2v) is 7.99. The molecule has 1 aromatic carbocycles. The van der Waals surface area contributed by atoms with Crippen molar-refractivity contribution in [3.63, 3.8) is 0 Å². The lowest BCUT2D eigenvalue weighted by molar-refractivity contribution is 0.0500. The molecule has 0 spiro atoms. The molecule has 0 aliphatic carbocycles. The van der Waals surface area contributed by atoms with Gasteiger partial charge in [0.25, 0.3) is 5.91 Å². The number of carbonyl (C=O) groups is 1. The fourth-order valence-electron chi connectivity index (χ4n) is 4.48. The molecule has 5 nitrogen and oxygen atoms in total. The van der Waals surface area contributed by atoms with E-state index >= 15 is 0 Å². The van der Waals surface area contributed by atoms with Gasteiger partial charge in [0.1, 0.15) is 0 Å².